The minimum Gasteiger partial charge on any atom is -0.331 e. The SMILES string of the molecule is CCN(CC)CCNCC1=CC2=CC=CC3CCN(C1=O)C23. The van der Waals surface area contributed by atoms with E-state index in [1.807, 2.05) is 0 Å². The number of carbonyl (C=O) groups excluding carboxylic acids is 1. The summed E-state index contributed by atoms with van der Waals surface area (Å²) in [5, 5.41) is 3.44. The molecule has 0 aromatic heterocycles. The van der Waals surface area contributed by atoms with Crippen molar-refractivity contribution in [2.45, 2.75) is 26.3 Å². The molecule has 0 aromatic carbocycles. The third-order valence-electron chi connectivity index (χ3n) is 5.12. The molecule has 4 nitrogen and oxygen atoms in total. The zero-order chi connectivity index (χ0) is 15.5. The summed E-state index contributed by atoms with van der Waals surface area (Å²) in [5.41, 5.74) is 2.23. The highest BCUT2D eigenvalue weighted by atomic mass is 16.2. The summed E-state index contributed by atoms with van der Waals surface area (Å²) < 4.78 is 0. The van der Waals surface area contributed by atoms with Gasteiger partial charge in [0.1, 0.15) is 0 Å². The maximum Gasteiger partial charge on any atom is 0.251 e. The molecule has 0 spiro atoms. The Labute approximate surface area is 133 Å². The van der Waals surface area contributed by atoms with Crippen LogP contribution >= 0.6 is 0 Å². The Morgan fingerprint density at radius 1 is 1.36 bits per heavy atom. The van der Waals surface area contributed by atoms with Crippen LogP contribution in [0.4, 0.5) is 0 Å². The third kappa shape index (κ3) is 2.90. The molecule has 1 saturated heterocycles. The highest BCUT2D eigenvalue weighted by Crippen LogP contribution is 2.37. The molecule has 2 aliphatic heterocycles. The number of hydrogen-bond donors (Lipinski definition) is 1. The number of nitrogens with one attached hydrogen (secondary N) is 1. The lowest BCUT2D eigenvalue weighted by molar-refractivity contribution is -0.128. The first-order valence-corrected chi connectivity index (χ1v) is 8.57. The van der Waals surface area contributed by atoms with E-state index in [2.05, 4.69) is 53.3 Å². The van der Waals surface area contributed by atoms with Crippen LogP contribution in [0.3, 0.4) is 0 Å². The monoisotopic (exact) mass is 301 g/mol. The van der Waals surface area contributed by atoms with Gasteiger partial charge in [-0.1, -0.05) is 32.1 Å². The number of hydrogen-bond acceptors (Lipinski definition) is 3. The Hall–Kier alpha value is -1.39. The van der Waals surface area contributed by atoms with Gasteiger partial charge < -0.3 is 15.1 Å². The summed E-state index contributed by atoms with van der Waals surface area (Å²) in [5.74, 6) is 0.757. The minimum absolute atomic E-state index is 0.232. The van der Waals surface area contributed by atoms with Gasteiger partial charge in [-0.25, -0.2) is 0 Å². The molecule has 0 aromatic rings. The smallest absolute Gasteiger partial charge is 0.251 e. The standard InChI is InChI=1S/C18H27N3O/c1-3-20(4-2)11-9-19-13-16-12-15-7-5-6-14-8-10-21(17(14)15)18(16)22/h5-7,12,14,17,19H,3-4,8-11,13H2,1-2H3. The average Bonchev–Trinajstić information content (AvgIpc) is 2.98. The predicted molar refractivity (Wildman–Crippen MR) is 89.6 cm³/mol. The molecular formula is C18H27N3O. The quantitative estimate of drug-likeness (QED) is 0.725. The van der Waals surface area contributed by atoms with Crippen LogP contribution in [0, 0.1) is 5.92 Å². The number of carbonyl (C=O) groups is 1. The van der Waals surface area contributed by atoms with Gasteiger partial charge in [0.2, 0.25) is 0 Å². The van der Waals surface area contributed by atoms with Crippen LogP contribution in [-0.2, 0) is 4.79 Å². The van der Waals surface area contributed by atoms with Crippen LogP contribution in [0.2, 0.25) is 0 Å². The van der Waals surface area contributed by atoms with Crippen molar-refractivity contribution in [1.29, 1.82) is 0 Å². The molecule has 2 unspecified atom stereocenters. The molecule has 3 rings (SSSR count). The third-order valence-corrected chi connectivity index (χ3v) is 5.12. The van der Waals surface area contributed by atoms with Gasteiger partial charge in [0, 0.05) is 37.7 Å². The summed E-state index contributed by atoms with van der Waals surface area (Å²) in [6, 6.07) is 0.303. The largest absolute Gasteiger partial charge is 0.331 e. The number of likely N-dealkylation sites (N-methyl/N-ethyl adjacent to an activating group) is 1. The van der Waals surface area contributed by atoms with Crippen molar-refractivity contribution in [3.8, 4) is 0 Å². The van der Waals surface area contributed by atoms with Gasteiger partial charge in [0.25, 0.3) is 5.91 Å². The molecule has 2 atom stereocenters. The Kier molecular flexibility index (Phi) is 4.79. The molecule has 22 heavy (non-hydrogen) atoms. The van der Waals surface area contributed by atoms with Crippen molar-refractivity contribution in [2.24, 2.45) is 5.92 Å². The molecule has 1 N–H and O–H groups in total. The summed E-state index contributed by atoms with van der Waals surface area (Å²) in [4.78, 5) is 17.1. The van der Waals surface area contributed by atoms with E-state index in [9.17, 15) is 4.79 Å². The first-order chi connectivity index (χ1) is 10.7. The van der Waals surface area contributed by atoms with Crippen molar-refractivity contribution < 1.29 is 4.79 Å². The zero-order valence-corrected chi connectivity index (χ0v) is 13.7. The molecule has 1 aliphatic carbocycles. The number of allylic oxidation sites excluding steroid dienone is 2. The maximum atomic E-state index is 12.6. The lowest BCUT2D eigenvalue weighted by atomic mass is 9.86. The van der Waals surface area contributed by atoms with Gasteiger partial charge in [0.15, 0.2) is 0 Å². The molecule has 1 amide bonds. The Morgan fingerprint density at radius 3 is 2.95 bits per heavy atom. The molecule has 1 fully saturated rings. The average molecular weight is 301 g/mol. The van der Waals surface area contributed by atoms with Crippen molar-refractivity contribution in [3.05, 3.63) is 35.5 Å². The van der Waals surface area contributed by atoms with E-state index >= 15 is 0 Å². The normalized spacial score (nSPS) is 26.3. The zero-order valence-electron chi connectivity index (χ0n) is 13.7. The van der Waals surface area contributed by atoms with Crippen LogP contribution in [0.1, 0.15) is 20.3 Å². The summed E-state index contributed by atoms with van der Waals surface area (Å²) in [6.07, 6.45) is 9.79. The second-order valence-electron chi connectivity index (χ2n) is 6.32. The summed E-state index contributed by atoms with van der Waals surface area (Å²) in [6.45, 7) is 10.1. The summed E-state index contributed by atoms with van der Waals surface area (Å²) in [7, 11) is 0. The van der Waals surface area contributed by atoms with Gasteiger partial charge in [-0.15, -0.1) is 0 Å². The van der Waals surface area contributed by atoms with Gasteiger partial charge in [-0.2, -0.15) is 0 Å². The maximum absolute atomic E-state index is 12.6. The lowest BCUT2D eigenvalue weighted by Crippen LogP contribution is -2.45. The molecule has 120 valence electrons. The molecule has 0 radical (unpaired) electrons. The van der Waals surface area contributed by atoms with Crippen molar-refractivity contribution in [2.75, 3.05) is 39.3 Å². The Morgan fingerprint density at radius 2 is 2.18 bits per heavy atom. The highest BCUT2D eigenvalue weighted by Gasteiger charge is 2.41. The van der Waals surface area contributed by atoms with Crippen molar-refractivity contribution in [1.82, 2.24) is 15.1 Å². The fourth-order valence-corrected chi connectivity index (χ4v) is 3.79. The fourth-order valence-electron chi connectivity index (χ4n) is 3.79. The molecule has 0 bridgehead atoms. The number of nitrogens with zero attached hydrogens (tertiary/aromatic N) is 2. The first kappa shape index (κ1) is 15.5. The number of amides is 1. The van der Waals surface area contributed by atoms with E-state index in [0.29, 0.717) is 18.5 Å². The van der Waals surface area contributed by atoms with E-state index in [0.717, 1.165) is 44.7 Å². The highest BCUT2D eigenvalue weighted by molar-refractivity contribution is 5.97. The van der Waals surface area contributed by atoms with Crippen LogP contribution in [0.25, 0.3) is 0 Å². The second-order valence-corrected chi connectivity index (χ2v) is 6.32. The van der Waals surface area contributed by atoms with E-state index < -0.39 is 0 Å². The van der Waals surface area contributed by atoms with Crippen LogP contribution in [0.5, 0.6) is 0 Å². The second kappa shape index (κ2) is 6.80. The van der Waals surface area contributed by atoms with Gasteiger partial charge in [-0.3, -0.25) is 4.79 Å². The fraction of sp³-hybridized carbons (Fsp3) is 0.611. The topological polar surface area (TPSA) is 35.6 Å². The number of rotatable bonds is 7. The molecule has 3 aliphatic rings. The van der Waals surface area contributed by atoms with Crippen LogP contribution in [-0.4, -0.2) is 61.0 Å². The molecule has 4 heteroatoms. The molecule has 2 heterocycles. The first-order valence-electron chi connectivity index (χ1n) is 8.57. The predicted octanol–water partition coefficient (Wildman–Crippen LogP) is 1.57. The minimum atomic E-state index is 0.232. The van der Waals surface area contributed by atoms with Crippen molar-refractivity contribution >= 4 is 5.91 Å². The van der Waals surface area contributed by atoms with E-state index in [1.165, 1.54) is 5.57 Å². The van der Waals surface area contributed by atoms with Gasteiger partial charge >= 0.3 is 0 Å². The van der Waals surface area contributed by atoms with E-state index in [4.69, 9.17) is 0 Å². The van der Waals surface area contributed by atoms with E-state index in [-0.39, 0.29) is 5.91 Å². The van der Waals surface area contributed by atoms with Gasteiger partial charge in [-0.05, 0) is 31.2 Å². The molecule has 0 saturated carbocycles. The van der Waals surface area contributed by atoms with Gasteiger partial charge in [0.05, 0.1) is 6.04 Å². The summed E-state index contributed by atoms with van der Waals surface area (Å²) >= 11 is 0. The van der Waals surface area contributed by atoms with Crippen molar-refractivity contribution in [3.63, 3.8) is 0 Å². The van der Waals surface area contributed by atoms with E-state index in [1.54, 1.807) is 0 Å². The Bertz CT molecular complexity index is 516. The van der Waals surface area contributed by atoms with Crippen LogP contribution < -0.4 is 5.32 Å². The molecular weight excluding hydrogens is 274 g/mol. The Balaban J connectivity index is 1.60. The lowest BCUT2D eigenvalue weighted by Gasteiger charge is -2.34. The van der Waals surface area contributed by atoms with Crippen LogP contribution in [0.15, 0.2) is 35.5 Å².